The molecule has 0 saturated heterocycles. The van der Waals surface area contributed by atoms with Gasteiger partial charge in [0.25, 0.3) is 0 Å². The molecular weight excluding hydrogens is 1340 g/mol. The van der Waals surface area contributed by atoms with Gasteiger partial charge in [0, 0.05) is 125 Å². The second-order valence-electron chi connectivity index (χ2n) is 27.1. The second-order valence-corrected chi connectivity index (χ2v) is 31.2. The van der Waals surface area contributed by atoms with Gasteiger partial charge in [-0.1, -0.05) is 193 Å². The predicted octanol–water partition coefficient (Wildman–Crippen LogP) is 24.7. The first kappa shape index (κ1) is 53.8. The first-order chi connectivity index (χ1) is 55.4. The molecule has 0 amide bonds. The summed E-state index contributed by atoms with van der Waals surface area (Å²) in [6, 6.07) is 76.1. The van der Waals surface area contributed by atoms with Gasteiger partial charge in [-0.05, 0) is 140 Å². The number of benzene rings is 11. The summed E-state index contributed by atoms with van der Waals surface area (Å²) < 4.78 is 113. The Labute approximate surface area is 639 Å². The topological polar surface area (TPSA) is 28.4 Å². The smallest absolute Gasteiger partial charge is 0.230 e. The van der Waals surface area contributed by atoms with Crippen molar-refractivity contribution in [3.8, 4) is 45.0 Å². The summed E-state index contributed by atoms with van der Waals surface area (Å²) in [5.41, 5.74) is 14.5. The molecule has 9 aromatic heterocycles. The third-order valence-corrected chi connectivity index (χ3v) is 25.5. The van der Waals surface area contributed by atoms with Crippen LogP contribution in [0.25, 0.3) is 169 Å². The van der Waals surface area contributed by atoms with E-state index in [4.69, 9.17) is 16.4 Å². The van der Waals surface area contributed by atoms with Crippen LogP contribution >= 0.6 is 45.3 Å². The van der Waals surface area contributed by atoms with Gasteiger partial charge in [0.15, 0.2) is 24.8 Å². The lowest BCUT2D eigenvalue weighted by Crippen LogP contribution is -2.31. The first-order valence-electron chi connectivity index (χ1n) is 40.6. The summed E-state index contributed by atoms with van der Waals surface area (Å²) in [4.78, 5) is 4.26. The Morgan fingerprint density at radius 1 is 0.279 bits per heavy atom. The Kier molecular flexibility index (Phi) is 13.8. The molecule has 0 aliphatic carbocycles. The molecule has 9 heteroatoms. The molecule has 0 aliphatic heterocycles. The molecule has 20 aromatic rings. The molecule has 0 fully saturated rings. The highest BCUT2D eigenvalue weighted by Crippen LogP contribution is 2.48. The molecule has 0 bridgehead atoms. The van der Waals surface area contributed by atoms with Crippen molar-refractivity contribution in [3.63, 3.8) is 0 Å². The third kappa shape index (κ3) is 11.4. The van der Waals surface area contributed by atoms with Crippen LogP contribution in [0.4, 0.5) is 0 Å². The zero-order valence-corrected chi connectivity index (χ0v) is 62.0. The molecular formula is C95H79N5S4+4. The highest BCUT2D eigenvalue weighted by atomic mass is 32.1. The maximum atomic E-state index is 8.20. The van der Waals surface area contributed by atoms with Crippen LogP contribution < -0.4 is 18.3 Å². The van der Waals surface area contributed by atoms with E-state index >= 15 is 0 Å². The van der Waals surface area contributed by atoms with Crippen molar-refractivity contribution in [2.24, 2.45) is 28.2 Å². The van der Waals surface area contributed by atoms with Crippen molar-refractivity contribution >= 4 is 169 Å². The lowest BCUT2D eigenvalue weighted by molar-refractivity contribution is -0.659. The Bertz CT molecular complexity index is 7410. The fourth-order valence-electron chi connectivity index (χ4n) is 15.4. The predicted molar refractivity (Wildman–Crippen MR) is 449 cm³/mol. The molecule has 0 radical (unpaired) electrons. The normalized spacial score (nSPS) is 13.8. The minimum atomic E-state index is -2.27. The van der Waals surface area contributed by atoms with E-state index in [0.29, 0.717) is 22.3 Å². The summed E-state index contributed by atoms with van der Waals surface area (Å²) in [5.74, 6) is 0. The summed E-state index contributed by atoms with van der Waals surface area (Å²) >= 11 is 6.99. The van der Waals surface area contributed by atoms with Gasteiger partial charge in [-0.3, -0.25) is 4.98 Å². The average Bonchev–Trinajstić information content (AvgIpc) is 1.57. The molecule has 0 saturated carbocycles. The van der Waals surface area contributed by atoms with Gasteiger partial charge in [-0.25, -0.2) is 0 Å². The monoisotopic (exact) mass is 1430 g/mol. The van der Waals surface area contributed by atoms with E-state index in [2.05, 4.69) is 187 Å². The highest BCUT2D eigenvalue weighted by molar-refractivity contribution is 7.28. The Morgan fingerprint density at radius 3 is 1.06 bits per heavy atom. The van der Waals surface area contributed by atoms with Crippen LogP contribution in [0.5, 0.6) is 0 Å². The molecule has 0 spiro atoms. The zero-order chi connectivity index (χ0) is 81.3. The molecule has 11 aromatic carbocycles. The van der Waals surface area contributed by atoms with E-state index in [1.165, 1.54) is 95.0 Å². The van der Waals surface area contributed by atoms with E-state index in [1.807, 2.05) is 140 Å². The van der Waals surface area contributed by atoms with Gasteiger partial charge in [-0.15, -0.1) is 45.3 Å². The van der Waals surface area contributed by atoms with Crippen molar-refractivity contribution in [2.45, 2.75) is 55.1 Å². The number of rotatable bonds is 4. The van der Waals surface area contributed by atoms with Crippen LogP contribution in [0.3, 0.4) is 0 Å². The summed E-state index contributed by atoms with van der Waals surface area (Å²) in [7, 11) is 7.98. The highest BCUT2D eigenvalue weighted by Gasteiger charge is 2.27. The van der Waals surface area contributed by atoms with Gasteiger partial charge >= 0.3 is 0 Å². The minimum Gasteiger partial charge on any atom is -0.264 e. The SMILES string of the molecule is Cc1ccccc1-c1c2sc3c4ccncc4ccc3c2cc[n+]1C.[2H]C([2H])([2H])c1c[n+](C)c(-c2ccccc2C)c2sc3c4ccccc4ccc3c12.[2H]C([2H])([2H])c1ccc(-c2c3sc4c5ccccc5ccc4c3c(C([2H])([2H])[2H])c[n+]2C)c(C)c1.[2H]C([2H])([2H])c1ccc(-c2c3sc4c5ccccc5ccc4c3cc[n+]2C)c(C)c1. The summed E-state index contributed by atoms with van der Waals surface area (Å²) in [5, 5.41) is 18.2. The number of aromatic nitrogens is 5. The van der Waals surface area contributed by atoms with E-state index < -0.39 is 27.4 Å². The lowest BCUT2D eigenvalue weighted by Gasteiger charge is -2.08. The molecule has 9 heterocycles. The van der Waals surface area contributed by atoms with Crippen LogP contribution in [0, 0.1) is 55.1 Å². The molecule has 504 valence electrons. The van der Waals surface area contributed by atoms with E-state index in [9.17, 15) is 0 Å². The van der Waals surface area contributed by atoms with Crippen molar-refractivity contribution < 1.29 is 34.7 Å². The zero-order valence-electron chi connectivity index (χ0n) is 70.7. The number of aryl methyl sites for hydroxylation is 12. The minimum absolute atomic E-state index is 0.295. The maximum Gasteiger partial charge on any atom is 0.230 e. The van der Waals surface area contributed by atoms with Crippen molar-refractivity contribution in [1.29, 1.82) is 0 Å². The third-order valence-electron chi connectivity index (χ3n) is 20.4. The van der Waals surface area contributed by atoms with Gasteiger partial charge in [-0.2, -0.15) is 18.3 Å². The molecule has 0 unspecified atom stereocenters. The molecule has 5 nitrogen and oxygen atoms in total. The number of hydrogen-bond donors (Lipinski definition) is 0. The quantitative estimate of drug-likeness (QED) is 0.161. The fraction of sp³-hybridized carbons (Fsp3) is 0.126. The number of pyridine rings is 5. The van der Waals surface area contributed by atoms with Gasteiger partial charge in [0.1, 0.15) is 47.0 Å². The van der Waals surface area contributed by atoms with Crippen LogP contribution in [0.15, 0.2) is 262 Å². The van der Waals surface area contributed by atoms with E-state index in [1.54, 1.807) is 59.3 Å². The first-order valence-corrected chi connectivity index (χ1v) is 37.9. The molecule has 0 N–H and O–H groups in total. The Morgan fingerprint density at radius 2 is 0.635 bits per heavy atom. The van der Waals surface area contributed by atoms with E-state index in [-0.39, 0.29) is 0 Å². The molecule has 0 aliphatic rings. The fourth-order valence-corrected chi connectivity index (χ4v) is 21.1. The Hall–Kier alpha value is -10.9. The lowest BCUT2D eigenvalue weighted by atomic mass is 9.99. The van der Waals surface area contributed by atoms with Crippen LogP contribution in [-0.4, -0.2) is 4.98 Å². The maximum absolute atomic E-state index is 8.20. The standard InChI is InChI=1S/C25H22NS.2C24H20NS.C22H17N2S/c1-15-9-11-19(16(2)13-15)23-25-22(17(3)14-26(23)4)21-12-10-18-7-5-6-8-20(18)24(21)27-25;1-15-8-4-6-10-18(15)22-24-21(16(2)14-25(22)3)20-13-12-17-9-5-7-11-19(17)23(20)26-24;1-15-8-10-18(16(2)14-15)22-24-21(12-13-25(22)3)20-11-9-17-6-4-5-7-19(17)23(20)26-24;1-14-5-3-4-6-16(14)20-22-19(10-12-24(20)2)18-8-7-15-13-23-11-9-17(15)21(18)25-22/h5-14H,1-4H3;2*4-14H,1-3H3;3-13H,1-2H3/q4*+1/i1D3,3D3;2D3;1D3;. The van der Waals surface area contributed by atoms with Crippen LogP contribution in [0.2, 0.25) is 0 Å². The number of nitrogens with zero attached hydrogens (tertiary/aromatic N) is 5. The number of thiophene rings is 4. The molecule has 104 heavy (non-hydrogen) atoms. The average molecular weight is 1430 g/mol. The van der Waals surface area contributed by atoms with Gasteiger partial charge in [0.05, 0.1) is 22.3 Å². The Balaban J connectivity index is 0.000000112. The molecule has 20 rings (SSSR count). The van der Waals surface area contributed by atoms with E-state index in [0.717, 1.165) is 96.0 Å². The van der Waals surface area contributed by atoms with Gasteiger partial charge in [0.2, 0.25) is 22.8 Å². The van der Waals surface area contributed by atoms with Crippen molar-refractivity contribution in [2.75, 3.05) is 0 Å². The largest absolute Gasteiger partial charge is 0.264 e. The van der Waals surface area contributed by atoms with Gasteiger partial charge < -0.3 is 0 Å². The molecule has 0 atom stereocenters. The summed E-state index contributed by atoms with van der Waals surface area (Å²) in [6.45, 7) is -0.544. The van der Waals surface area contributed by atoms with Crippen LogP contribution in [-0.2, 0) is 28.2 Å². The second kappa shape index (κ2) is 26.7. The number of fused-ring (bicyclic) bond motifs is 20. The van der Waals surface area contributed by atoms with Crippen molar-refractivity contribution in [1.82, 2.24) is 4.98 Å². The van der Waals surface area contributed by atoms with Crippen LogP contribution in [0.1, 0.15) is 61.0 Å². The summed E-state index contributed by atoms with van der Waals surface area (Å²) in [6.07, 6.45) is 11.6. The number of hydrogen-bond acceptors (Lipinski definition) is 5. The van der Waals surface area contributed by atoms with Crippen molar-refractivity contribution in [3.05, 3.63) is 306 Å².